The Hall–Kier alpha value is -2.35. The average molecular weight is 349 g/mol. The van der Waals surface area contributed by atoms with Gasteiger partial charge in [-0.25, -0.2) is 8.42 Å². The van der Waals surface area contributed by atoms with Crippen LogP contribution in [0.15, 0.2) is 30.3 Å². The zero-order chi connectivity index (χ0) is 17.3. The first kappa shape index (κ1) is 16.5. The number of H-pyrrole nitrogens is 1. The molecule has 1 aliphatic rings. The lowest BCUT2D eigenvalue weighted by atomic mass is 10.1. The Bertz CT molecular complexity index is 855. The maximum absolute atomic E-state index is 12.1. The van der Waals surface area contributed by atoms with Gasteiger partial charge in [-0.15, -0.1) is 0 Å². The van der Waals surface area contributed by atoms with Crippen LogP contribution in [0.25, 0.3) is 10.9 Å². The summed E-state index contributed by atoms with van der Waals surface area (Å²) in [4.78, 5) is 27.0. The van der Waals surface area contributed by atoms with Crippen LogP contribution < -0.4 is 10.6 Å². The molecule has 0 aliphatic carbocycles. The first-order valence-corrected chi connectivity index (χ1v) is 9.52. The molecule has 7 nitrogen and oxygen atoms in total. The van der Waals surface area contributed by atoms with Gasteiger partial charge in [0.15, 0.2) is 9.84 Å². The van der Waals surface area contributed by atoms with Crippen LogP contribution in [0.1, 0.15) is 17.4 Å². The zero-order valence-electron chi connectivity index (χ0n) is 13.2. The molecule has 3 rings (SSSR count). The van der Waals surface area contributed by atoms with E-state index in [4.69, 9.17) is 0 Å². The SMILES string of the molecule is C[C@H]1CS(=O)(=O)C[C@H]1NC(=O)CNC(=O)c1cc2ccccc2[nH]1. The van der Waals surface area contributed by atoms with E-state index < -0.39 is 21.8 Å². The molecule has 1 aromatic carbocycles. The van der Waals surface area contributed by atoms with E-state index in [2.05, 4.69) is 15.6 Å². The molecule has 1 fully saturated rings. The number of benzene rings is 1. The van der Waals surface area contributed by atoms with Crippen LogP contribution in [-0.4, -0.2) is 49.3 Å². The second kappa shape index (κ2) is 6.27. The Morgan fingerprint density at radius 1 is 1.25 bits per heavy atom. The van der Waals surface area contributed by atoms with Crippen LogP contribution in [-0.2, 0) is 14.6 Å². The topological polar surface area (TPSA) is 108 Å². The van der Waals surface area contributed by atoms with E-state index in [0.29, 0.717) is 5.69 Å². The first-order valence-electron chi connectivity index (χ1n) is 7.70. The predicted molar refractivity (Wildman–Crippen MR) is 90.4 cm³/mol. The van der Waals surface area contributed by atoms with E-state index in [1.807, 2.05) is 24.3 Å². The largest absolute Gasteiger partial charge is 0.351 e. The molecule has 128 valence electrons. The van der Waals surface area contributed by atoms with Gasteiger partial charge in [0.1, 0.15) is 5.69 Å². The molecule has 2 heterocycles. The van der Waals surface area contributed by atoms with Crippen LogP contribution in [0.2, 0.25) is 0 Å². The van der Waals surface area contributed by atoms with Crippen molar-refractivity contribution in [2.45, 2.75) is 13.0 Å². The van der Waals surface area contributed by atoms with Crippen LogP contribution in [0, 0.1) is 5.92 Å². The van der Waals surface area contributed by atoms with E-state index in [1.165, 1.54) is 0 Å². The highest BCUT2D eigenvalue weighted by atomic mass is 32.2. The summed E-state index contributed by atoms with van der Waals surface area (Å²) in [6, 6.07) is 8.81. The smallest absolute Gasteiger partial charge is 0.268 e. The summed E-state index contributed by atoms with van der Waals surface area (Å²) < 4.78 is 23.1. The van der Waals surface area contributed by atoms with Crippen molar-refractivity contribution in [1.82, 2.24) is 15.6 Å². The summed E-state index contributed by atoms with van der Waals surface area (Å²) in [5.41, 5.74) is 1.22. The third kappa shape index (κ3) is 3.59. The van der Waals surface area contributed by atoms with Crippen molar-refractivity contribution in [3.63, 3.8) is 0 Å². The number of aromatic amines is 1. The molecule has 2 aromatic rings. The Kier molecular flexibility index (Phi) is 4.31. The van der Waals surface area contributed by atoms with Gasteiger partial charge in [-0.05, 0) is 18.1 Å². The summed E-state index contributed by atoms with van der Waals surface area (Å²) in [5.74, 6) is -0.861. The van der Waals surface area contributed by atoms with Crippen LogP contribution in [0.3, 0.4) is 0 Å². The van der Waals surface area contributed by atoms with Gasteiger partial charge in [-0.1, -0.05) is 25.1 Å². The summed E-state index contributed by atoms with van der Waals surface area (Å²) >= 11 is 0. The van der Waals surface area contributed by atoms with Gasteiger partial charge in [0.05, 0.1) is 18.1 Å². The normalized spacial score (nSPS) is 22.4. The highest BCUT2D eigenvalue weighted by Crippen LogP contribution is 2.18. The van der Waals surface area contributed by atoms with Gasteiger partial charge < -0.3 is 15.6 Å². The van der Waals surface area contributed by atoms with Crippen molar-refractivity contribution in [3.8, 4) is 0 Å². The molecule has 0 saturated carbocycles. The molecule has 0 bridgehead atoms. The van der Waals surface area contributed by atoms with Crippen LogP contribution >= 0.6 is 0 Å². The highest BCUT2D eigenvalue weighted by molar-refractivity contribution is 7.91. The Balaban J connectivity index is 1.55. The van der Waals surface area contributed by atoms with Crippen molar-refractivity contribution >= 4 is 32.6 Å². The molecule has 1 aromatic heterocycles. The monoisotopic (exact) mass is 349 g/mol. The maximum Gasteiger partial charge on any atom is 0.268 e. The molecule has 2 amide bonds. The van der Waals surface area contributed by atoms with E-state index >= 15 is 0 Å². The summed E-state index contributed by atoms with van der Waals surface area (Å²) in [5, 5.41) is 6.13. The molecule has 24 heavy (non-hydrogen) atoms. The Morgan fingerprint density at radius 3 is 2.67 bits per heavy atom. The number of carbonyl (C=O) groups is 2. The van der Waals surface area contributed by atoms with Gasteiger partial charge >= 0.3 is 0 Å². The molecule has 2 atom stereocenters. The van der Waals surface area contributed by atoms with E-state index in [0.717, 1.165) is 10.9 Å². The minimum absolute atomic E-state index is 0.0458. The van der Waals surface area contributed by atoms with E-state index in [9.17, 15) is 18.0 Å². The maximum atomic E-state index is 12.1. The summed E-state index contributed by atoms with van der Waals surface area (Å²) in [7, 11) is -3.09. The second-order valence-electron chi connectivity index (χ2n) is 6.18. The molecule has 0 radical (unpaired) electrons. The number of aromatic nitrogens is 1. The molecular weight excluding hydrogens is 330 g/mol. The molecule has 1 aliphatic heterocycles. The molecular formula is C16H19N3O4S. The molecule has 0 unspecified atom stereocenters. The van der Waals surface area contributed by atoms with Gasteiger partial charge in [-0.3, -0.25) is 9.59 Å². The number of nitrogens with one attached hydrogen (secondary N) is 3. The van der Waals surface area contributed by atoms with Crippen molar-refractivity contribution in [2.75, 3.05) is 18.1 Å². The number of para-hydroxylation sites is 1. The van der Waals surface area contributed by atoms with Crippen molar-refractivity contribution < 1.29 is 18.0 Å². The Morgan fingerprint density at radius 2 is 2.00 bits per heavy atom. The third-order valence-electron chi connectivity index (χ3n) is 4.17. The molecule has 0 spiro atoms. The number of hydrogen-bond donors (Lipinski definition) is 3. The third-order valence-corrected chi connectivity index (χ3v) is 6.07. The zero-order valence-corrected chi connectivity index (χ0v) is 14.0. The Labute approximate surface area is 139 Å². The number of rotatable bonds is 4. The quantitative estimate of drug-likeness (QED) is 0.744. The molecule has 8 heteroatoms. The lowest BCUT2D eigenvalue weighted by Gasteiger charge is -2.15. The number of amides is 2. The number of fused-ring (bicyclic) bond motifs is 1. The van der Waals surface area contributed by atoms with Gasteiger partial charge in [0, 0.05) is 16.9 Å². The number of sulfone groups is 1. The number of carbonyl (C=O) groups excluding carboxylic acids is 2. The predicted octanol–water partition coefficient (Wildman–Crippen LogP) is 0.447. The first-order chi connectivity index (χ1) is 11.3. The summed E-state index contributed by atoms with van der Waals surface area (Å²) in [6.07, 6.45) is 0. The van der Waals surface area contributed by atoms with Gasteiger partial charge in [-0.2, -0.15) is 0 Å². The fourth-order valence-corrected chi connectivity index (χ4v) is 5.04. The molecule has 3 N–H and O–H groups in total. The average Bonchev–Trinajstić information content (AvgIpc) is 3.05. The standard InChI is InChI=1S/C16H19N3O4S/c1-10-8-24(22,23)9-14(10)19-15(20)7-17-16(21)13-6-11-4-2-3-5-12(11)18-13/h2-6,10,14,18H,7-9H2,1H3,(H,17,21)(H,19,20)/t10-,14+/m0/s1. The minimum Gasteiger partial charge on any atom is -0.351 e. The van der Waals surface area contributed by atoms with E-state index in [-0.39, 0.29) is 29.9 Å². The summed E-state index contributed by atoms with van der Waals surface area (Å²) in [6.45, 7) is 1.59. The lowest BCUT2D eigenvalue weighted by molar-refractivity contribution is -0.120. The number of hydrogen-bond acceptors (Lipinski definition) is 4. The van der Waals surface area contributed by atoms with E-state index in [1.54, 1.807) is 13.0 Å². The fraction of sp³-hybridized carbons (Fsp3) is 0.375. The van der Waals surface area contributed by atoms with Gasteiger partial charge in [0.25, 0.3) is 5.91 Å². The highest BCUT2D eigenvalue weighted by Gasteiger charge is 2.35. The molecule has 1 saturated heterocycles. The van der Waals surface area contributed by atoms with Crippen molar-refractivity contribution in [3.05, 3.63) is 36.0 Å². The van der Waals surface area contributed by atoms with Crippen molar-refractivity contribution in [1.29, 1.82) is 0 Å². The lowest BCUT2D eigenvalue weighted by Crippen LogP contribution is -2.44. The fourth-order valence-electron chi connectivity index (χ4n) is 2.92. The van der Waals surface area contributed by atoms with Crippen LogP contribution in [0.5, 0.6) is 0 Å². The van der Waals surface area contributed by atoms with Crippen molar-refractivity contribution in [2.24, 2.45) is 5.92 Å². The second-order valence-corrected chi connectivity index (χ2v) is 8.33. The van der Waals surface area contributed by atoms with Crippen LogP contribution in [0.4, 0.5) is 0 Å². The van der Waals surface area contributed by atoms with Gasteiger partial charge in [0.2, 0.25) is 5.91 Å². The minimum atomic E-state index is -3.09.